The van der Waals surface area contributed by atoms with Crippen LogP contribution in [0.2, 0.25) is 0 Å². The van der Waals surface area contributed by atoms with Crippen LogP contribution in [0.1, 0.15) is 0 Å². The van der Waals surface area contributed by atoms with Gasteiger partial charge in [-0.05, 0) is 17.8 Å². The first-order valence-corrected chi connectivity index (χ1v) is 2.00. The highest BCUT2D eigenvalue weighted by atomic mass is 16.2. The van der Waals surface area contributed by atoms with Crippen LogP contribution in [0.25, 0.3) is 0 Å². The molecule has 0 rings (SSSR count). The molecule has 2 heteroatoms. The SMILES string of the molecule is O=CC#CC#CC#CO. The molecule has 0 saturated carbocycles. The van der Waals surface area contributed by atoms with Gasteiger partial charge in [-0.2, -0.15) is 0 Å². The fraction of sp³-hybridized carbons (Fsp3) is 0. The summed E-state index contributed by atoms with van der Waals surface area (Å²) in [5, 5.41) is 7.84. The maximum absolute atomic E-state index is 9.51. The van der Waals surface area contributed by atoms with Crippen molar-refractivity contribution in [3.05, 3.63) is 0 Å². The van der Waals surface area contributed by atoms with Gasteiger partial charge in [0.15, 0.2) is 6.29 Å². The third-order valence-corrected chi connectivity index (χ3v) is 0.374. The third-order valence-electron chi connectivity index (χ3n) is 0.374. The second kappa shape index (κ2) is 6.15. The molecule has 2 nitrogen and oxygen atoms in total. The van der Waals surface area contributed by atoms with Gasteiger partial charge in [0.1, 0.15) is 6.11 Å². The molecule has 0 radical (unpaired) electrons. The van der Waals surface area contributed by atoms with Crippen molar-refractivity contribution in [3.63, 3.8) is 0 Å². The molecule has 0 unspecified atom stereocenters. The average molecular weight is 118 g/mol. The number of rotatable bonds is 0. The van der Waals surface area contributed by atoms with Crippen LogP contribution in [0.4, 0.5) is 0 Å². The zero-order valence-electron chi connectivity index (χ0n) is 4.43. The molecule has 0 saturated heterocycles. The second-order valence-electron chi connectivity index (χ2n) is 0.874. The predicted molar refractivity (Wildman–Crippen MR) is 31.3 cm³/mol. The standard InChI is InChI=1S/C7H2O2/c8-6-4-2-1-3-5-7-9/h6,9H. The monoisotopic (exact) mass is 118 g/mol. The van der Waals surface area contributed by atoms with Crippen molar-refractivity contribution in [3.8, 4) is 35.7 Å². The Kier molecular flexibility index (Phi) is 4.89. The Morgan fingerprint density at radius 1 is 1.11 bits per heavy atom. The lowest BCUT2D eigenvalue weighted by Crippen LogP contribution is -1.57. The highest BCUT2D eigenvalue weighted by Crippen LogP contribution is 1.49. The Morgan fingerprint density at radius 2 is 1.78 bits per heavy atom. The molecule has 9 heavy (non-hydrogen) atoms. The summed E-state index contributed by atoms with van der Waals surface area (Å²) in [6.07, 6.45) is 2.00. The van der Waals surface area contributed by atoms with E-state index in [0.717, 1.165) is 0 Å². The Hall–Kier alpha value is -1.85. The van der Waals surface area contributed by atoms with Crippen LogP contribution < -0.4 is 0 Å². The maximum atomic E-state index is 9.51. The summed E-state index contributed by atoms with van der Waals surface area (Å²) in [6, 6.07) is 0. The van der Waals surface area contributed by atoms with Gasteiger partial charge in [-0.15, -0.1) is 0 Å². The summed E-state index contributed by atoms with van der Waals surface area (Å²) < 4.78 is 0. The molecule has 0 aromatic rings. The second-order valence-corrected chi connectivity index (χ2v) is 0.874. The van der Waals surface area contributed by atoms with Gasteiger partial charge in [0.2, 0.25) is 0 Å². The fourth-order valence-electron chi connectivity index (χ4n) is 0.156. The van der Waals surface area contributed by atoms with E-state index in [2.05, 4.69) is 23.7 Å². The Balaban J connectivity index is 3.85. The first-order chi connectivity index (χ1) is 4.41. The molecule has 0 aliphatic rings. The van der Waals surface area contributed by atoms with E-state index in [-0.39, 0.29) is 0 Å². The van der Waals surface area contributed by atoms with Crippen molar-refractivity contribution in [1.29, 1.82) is 0 Å². The highest BCUT2D eigenvalue weighted by Gasteiger charge is 1.54. The average Bonchev–Trinajstić information content (AvgIpc) is 1.89. The number of aldehydes is 1. The lowest BCUT2D eigenvalue weighted by Gasteiger charge is -1.52. The summed E-state index contributed by atoms with van der Waals surface area (Å²) >= 11 is 0. The predicted octanol–water partition coefficient (Wildman–Crippen LogP) is -0.475. The van der Waals surface area contributed by atoms with Crippen LogP contribution in [-0.4, -0.2) is 11.4 Å². The van der Waals surface area contributed by atoms with E-state index in [4.69, 9.17) is 5.11 Å². The molecule has 0 heterocycles. The largest absolute Gasteiger partial charge is 0.461 e. The van der Waals surface area contributed by atoms with E-state index in [1.807, 2.05) is 5.92 Å². The Labute approximate surface area is 52.9 Å². The maximum Gasteiger partial charge on any atom is 0.193 e. The molecule has 0 aromatic heterocycles. The van der Waals surface area contributed by atoms with Crippen LogP contribution in [0.3, 0.4) is 0 Å². The number of carbonyl (C=O) groups excluding carboxylic acids is 1. The van der Waals surface area contributed by atoms with Crippen molar-refractivity contribution in [2.75, 3.05) is 0 Å². The first-order valence-electron chi connectivity index (χ1n) is 2.00. The summed E-state index contributed by atoms with van der Waals surface area (Å²) in [5.41, 5.74) is 0. The lowest BCUT2D eigenvalue weighted by atomic mass is 10.5. The number of carbonyl (C=O) groups is 1. The molecule has 1 N–H and O–H groups in total. The van der Waals surface area contributed by atoms with Gasteiger partial charge in [0, 0.05) is 11.8 Å². The van der Waals surface area contributed by atoms with E-state index in [1.54, 1.807) is 6.11 Å². The third kappa shape index (κ3) is 6.15. The van der Waals surface area contributed by atoms with Gasteiger partial charge in [0.25, 0.3) is 0 Å². The van der Waals surface area contributed by atoms with Crippen LogP contribution >= 0.6 is 0 Å². The smallest absolute Gasteiger partial charge is 0.193 e. The van der Waals surface area contributed by atoms with Gasteiger partial charge < -0.3 is 5.11 Å². The van der Waals surface area contributed by atoms with Gasteiger partial charge in [0.05, 0.1) is 0 Å². The van der Waals surface area contributed by atoms with E-state index in [1.165, 1.54) is 0 Å². The zero-order chi connectivity index (χ0) is 6.95. The normalized spacial score (nSPS) is 4.00. The minimum atomic E-state index is 0.432. The number of hydrogen-bond donors (Lipinski definition) is 1. The summed E-state index contributed by atoms with van der Waals surface area (Å²) in [5.74, 6) is 10.7. The molecular formula is C7H2O2. The molecular weight excluding hydrogens is 116 g/mol. The summed E-state index contributed by atoms with van der Waals surface area (Å²) in [4.78, 5) is 9.51. The number of aliphatic hydroxyl groups excluding tert-OH is 1. The number of hydrogen-bond acceptors (Lipinski definition) is 2. The minimum Gasteiger partial charge on any atom is -0.461 e. The van der Waals surface area contributed by atoms with Crippen LogP contribution in [0.5, 0.6) is 0 Å². The van der Waals surface area contributed by atoms with Gasteiger partial charge >= 0.3 is 0 Å². The van der Waals surface area contributed by atoms with E-state index in [0.29, 0.717) is 6.29 Å². The summed E-state index contributed by atoms with van der Waals surface area (Å²) in [6.45, 7) is 0. The van der Waals surface area contributed by atoms with Crippen molar-refractivity contribution in [2.45, 2.75) is 0 Å². The van der Waals surface area contributed by atoms with Crippen LogP contribution in [-0.2, 0) is 4.79 Å². The molecule has 0 spiro atoms. The molecule has 0 aromatic carbocycles. The van der Waals surface area contributed by atoms with E-state index < -0.39 is 0 Å². The fourth-order valence-corrected chi connectivity index (χ4v) is 0.156. The molecule has 0 atom stereocenters. The summed E-state index contributed by atoms with van der Waals surface area (Å²) in [7, 11) is 0. The Bertz CT molecular complexity index is 256. The van der Waals surface area contributed by atoms with Gasteiger partial charge in [-0.25, -0.2) is 0 Å². The van der Waals surface area contributed by atoms with Crippen LogP contribution in [0.15, 0.2) is 0 Å². The molecule has 0 aliphatic heterocycles. The highest BCUT2D eigenvalue weighted by molar-refractivity contribution is 5.73. The lowest BCUT2D eigenvalue weighted by molar-refractivity contribution is -0.103. The van der Waals surface area contributed by atoms with Crippen molar-refractivity contribution < 1.29 is 9.90 Å². The van der Waals surface area contributed by atoms with Crippen LogP contribution in [0, 0.1) is 35.7 Å². The topological polar surface area (TPSA) is 37.3 Å². The van der Waals surface area contributed by atoms with Crippen molar-refractivity contribution in [1.82, 2.24) is 0 Å². The van der Waals surface area contributed by atoms with E-state index in [9.17, 15) is 4.79 Å². The van der Waals surface area contributed by atoms with Crippen molar-refractivity contribution >= 4 is 6.29 Å². The van der Waals surface area contributed by atoms with Gasteiger partial charge in [-0.1, -0.05) is 0 Å². The zero-order valence-corrected chi connectivity index (χ0v) is 4.43. The minimum absolute atomic E-state index is 0.432. The Morgan fingerprint density at radius 3 is 2.33 bits per heavy atom. The molecule has 0 amide bonds. The molecule has 0 aliphatic carbocycles. The van der Waals surface area contributed by atoms with Crippen molar-refractivity contribution in [2.24, 2.45) is 0 Å². The number of aliphatic hydroxyl groups is 1. The first kappa shape index (κ1) is 7.15. The van der Waals surface area contributed by atoms with E-state index >= 15 is 0 Å². The quantitative estimate of drug-likeness (QED) is 0.344. The van der Waals surface area contributed by atoms with Gasteiger partial charge in [-0.3, -0.25) is 4.79 Å². The molecule has 42 valence electrons. The molecule has 0 fully saturated rings. The molecule has 0 bridgehead atoms.